The lowest BCUT2D eigenvalue weighted by Crippen LogP contribution is -2.29. The number of carbonyl (C=O) groups is 1. The number of hydrogen-bond acceptors (Lipinski definition) is 4. The zero-order chi connectivity index (χ0) is 22.4. The minimum atomic E-state index is -0.614. The number of anilines is 1. The Morgan fingerprint density at radius 3 is 2.38 bits per heavy atom. The molecule has 0 N–H and O–H groups in total. The molecule has 0 radical (unpaired) electrons. The lowest BCUT2D eigenvalue weighted by atomic mass is 9.97. The van der Waals surface area contributed by atoms with Crippen LogP contribution in [0, 0.1) is 0 Å². The van der Waals surface area contributed by atoms with Crippen molar-refractivity contribution >= 4 is 34.2 Å². The number of benzene rings is 3. The van der Waals surface area contributed by atoms with Gasteiger partial charge in [0, 0.05) is 10.7 Å². The highest BCUT2D eigenvalue weighted by atomic mass is 35.5. The van der Waals surface area contributed by atoms with E-state index in [0.29, 0.717) is 33.0 Å². The molecule has 32 heavy (non-hydrogen) atoms. The van der Waals surface area contributed by atoms with Gasteiger partial charge in [0.25, 0.3) is 5.91 Å². The molecule has 0 spiro atoms. The Morgan fingerprint density at radius 2 is 1.72 bits per heavy atom. The Hall–Kier alpha value is -3.57. The van der Waals surface area contributed by atoms with Gasteiger partial charge in [-0.2, -0.15) is 0 Å². The summed E-state index contributed by atoms with van der Waals surface area (Å²) in [4.78, 5) is 28.7. The van der Waals surface area contributed by atoms with Crippen molar-refractivity contribution in [3.05, 3.63) is 104 Å². The molecule has 5 nitrogen and oxygen atoms in total. The lowest BCUT2D eigenvalue weighted by Gasteiger charge is -2.25. The maximum Gasteiger partial charge on any atom is 0.295 e. The van der Waals surface area contributed by atoms with Gasteiger partial charge in [-0.3, -0.25) is 14.5 Å². The molecule has 0 aliphatic carbocycles. The van der Waals surface area contributed by atoms with Crippen LogP contribution in [0.5, 0.6) is 5.75 Å². The second kappa shape index (κ2) is 7.84. The highest BCUT2D eigenvalue weighted by molar-refractivity contribution is 6.31. The van der Waals surface area contributed by atoms with Crippen molar-refractivity contribution in [3.63, 3.8) is 0 Å². The number of ether oxygens (including phenoxy) is 1. The first kappa shape index (κ1) is 20.3. The van der Waals surface area contributed by atoms with Crippen LogP contribution in [0.25, 0.3) is 11.0 Å². The summed E-state index contributed by atoms with van der Waals surface area (Å²) in [5, 5.41) is 0.792. The Labute approximate surface area is 189 Å². The van der Waals surface area contributed by atoms with Gasteiger partial charge in [0.05, 0.1) is 24.1 Å². The summed E-state index contributed by atoms with van der Waals surface area (Å²) in [6.45, 7) is 2.08. The summed E-state index contributed by atoms with van der Waals surface area (Å²) in [6.07, 6.45) is 0.897. The number of fused-ring (bicyclic) bond motifs is 2. The van der Waals surface area contributed by atoms with Crippen molar-refractivity contribution < 1.29 is 13.9 Å². The van der Waals surface area contributed by atoms with Gasteiger partial charge in [0.2, 0.25) is 5.76 Å². The first-order chi connectivity index (χ1) is 15.5. The van der Waals surface area contributed by atoms with E-state index in [4.69, 9.17) is 20.8 Å². The summed E-state index contributed by atoms with van der Waals surface area (Å²) in [6, 6.07) is 19.4. The molecular formula is C26H20ClNO4. The molecule has 1 unspecified atom stereocenters. The zero-order valence-corrected chi connectivity index (χ0v) is 18.3. The SMILES string of the molecule is CCc1ccc(C2c3c(oc4ccc(Cl)cc4c3=O)C(=O)N2c2ccc(OC)cc2)cc1. The van der Waals surface area contributed by atoms with E-state index in [2.05, 4.69) is 6.92 Å². The van der Waals surface area contributed by atoms with Crippen LogP contribution >= 0.6 is 11.6 Å². The molecule has 3 aromatic carbocycles. The van der Waals surface area contributed by atoms with Crippen molar-refractivity contribution in [2.75, 3.05) is 12.0 Å². The molecule has 1 aromatic heterocycles. The van der Waals surface area contributed by atoms with Gasteiger partial charge in [0.15, 0.2) is 5.43 Å². The number of nitrogens with zero attached hydrogens (tertiary/aromatic N) is 1. The van der Waals surface area contributed by atoms with Crippen LogP contribution in [0.2, 0.25) is 5.02 Å². The van der Waals surface area contributed by atoms with Crippen molar-refractivity contribution in [1.82, 2.24) is 0 Å². The normalized spacial score (nSPS) is 15.3. The van der Waals surface area contributed by atoms with E-state index in [1.165, 1.54) is 5.56 Å². The average Bonchev–Trinajstić information content (AvgIpc) is 3.12. The van der Waals surface area contributed by atoms with Crippen molar-refractivity contribution in [2.24, 2.45) is 0 Å². The fourth-order valence-electron chi connectivity index (χ4n) is 4.21. The highest BCUT2D eigenvalue weighted by Gasteiger charge is 2.43. The fraction of sp³-hybridized carbons (Fsp3) is 0.154. The quantitative estimate of drug-likeness (QED) is 0.400. The third kappa shape index (κ3) is 3.17. The molecule has 0 bridgehead atoms. The number of amides is 1. The van der Waals surface area contributed by atoms with Gasteiger partial charge in [-0.25, -0.2) is 0 Å². The van der Waals surface area contributed by atoms with E-state index < -0.39 is 6.04 Å². The van der Waals surface area contributed by atoms with Gasteiger partial charge in [-0.15, -0.1) is 0 Å². The predicted molar refractivity (Wildman–Crippen MR) is 125 cm³/mol. The number of rotatable bonds is 4. The summed E-state index contributed by atoms with van der Waals surface area (Å²) in [5.74, 6) is 0.380. The molecule has 1 amide bonds. The van der Waals surface area contributed by atoms with Crippen LogP contribution in [-0.4, -0.2) is 13.0 Å². The fourth-order valence-corrected chi connectivity index (χ4v) is 4.38. The molecule has 1 aliphatic heterocycles. The van der Waals surface area contributed by atoms with E-state index in [1.807, 2.05) is 24.3 Å². The summed E-state index contributed by atoms with van der Waals surface area (Å²) in [5.41, 5.74) is 3.06. The van der Waals surface area contributed by atoms with E-state index in [1.54, 1.807) is 54.5 Å². The smallest absolute Gasteiger partial charge is 0.295 e. The van der Waals surface area contributed by atoms with Crippen LogP contribution in [0.4, 0.5) is 5.69 Å². The first-order valence-corrected chi connectivity index (χ1v) is 10.7. The van der Waals surface area contributed by atoms with Gasteiger partial charge in [0.1, 0.15) is 11.3 Å². The summed E-state index contributed by atoms with van der Waals surface area (Å²) in [7, 11) is 1.59. The molecule has 2 heterocycles. The van der Waals surface area contributed by atoms with Crippen LogP contribution in [0.15, 0.2) is 75.9 Å². The average molecular weight is 446 g/mol. The maximum atomic E-state index is 13.6. The number of halogens is 1. The summed E-state index contributed by atoms with van der Waals surface area (Å²) < 4.78 is 11.2. The highest BCUT2D eigenvalue weighted by Crippen LogP contribution is 2.41. The molecule has 4 aromatic rings. The Bertz CT molecular complexity index is 1390. The second-order valence-corrected chi connectivity index (χ2v) is 8.12. The van der Waals surface area contributed by atoms with Crippen molar-refractivity contribution in [2.45, 2.75) is 19.4 Å². The minimum Gasteiger partial charge on any atom is -0.497 e. The van der Waals surface area contributed by atoms with Gasteiger partial charge in [-0.05, 0) is 60.0 Å². The van der Waals surface area contributed by atoms with E-state index in [0.717, 1.165) is 12.0 Å². The van der Waals surface area contributed by atoms with Crippen molar-refractivity contribution in [3.8, 4) is 5.75 Å². The van der Waals surface area contributed by atoms with Crippen LogP contribution < -0.4 is 15.1 Å². The zero-order valence-electron chi connectivity index (χ0n) is 17.6. The summed E-state index contributed by atoms with van der Waals surface area (Å²) >= 11 is 6.14. The predicted octanol–water partition coefficient (Wildman–Crippen LogP) is 5.77. The molecule has 160 valence electrons. The first-order valence-electron chi connectivity index (χ1n) is 10.3. The molecule has 6 heteroatoms. The largest absolute Gasteiger partial charge is 0.497 e. The van der Waals surface area contributed by atoms with E-state index >= 15 is 0 Å². The molecule has 5 rings (SSSR count). The topological polar surface area (TPSA) is 59.8 Å². The molecule has 0 saturated heterocycles. The van der Waals surface area contributed by atoms with Gasteiger partial charge >= 0.3 is 0 Å². The van der Waals surface area contributed by atoms with E-state index in [9.17, 15) is 9.59 Å². The molecule has 1 aliphatic rings. The number of hydrogen-bond donors (Lipinski definition) is 0. The van der Waals surface area contributed by atoms with Gasteiger partial charge in [-0.1, -0.05) is 42.8 Å². The Morgan fingerprint density at radius 1 is 1.00 bits per heavy atom. The third-order valence-electron chi connectivity index (χ3n) is 5.89. The standard InChI is InChI=1S/C26H20ClNO4/c1-3-15-4-6-16(7-5-15)23-22-24(29)20-14-17(27)8-13-21(20)32-25(22)26(30)28(23)18-9-11-19(31-2)12-10-18/h4-14,23H,3H2,1-2H3. The number of carbonyl (C=O) groups excluding carboxylic acids is 1. The monoisotopic (exact) mass is 445 g/mol. The maximum absolute atomic E-state index is 13.6. The van der Waals surface area contributed by atoms with Crippen LogP contribution in [-0.2, 0) is 6.42 Å². The molecule has 0 fully saturated rings. The lowest BCUT2D eigenvalue weighted by molar-refractivity contribution is 0.0971. The Balaban J connectivity index is 1.77. The van der Waals surface area contributed by atoms with E-state index in [-0.39, 0.29) is 17.1 Å². The number of methoxy groups -OCH3 is 1. The molecular weight excluding hydrogens is 426 g/mol. The third-order valence-corrected chi connectivity index (χ3v) is 6.12. The Kier molecular flexibility index (Phi) is 4.98. The minimum absolute atomic E-state index is 0.0604. The second-order valence-electron chi connectivity index (χ2n) is 7.69. The van der Waals surface area contributed by atoms with Crippen molar-refractivity contribution in [1.29, 1.82) is 0 Å². The van der Waals surface area contributed by atoms with Gasteiger partial charge < -0.3 is 9.15 Å². The van der Waals surface area contributed by atoms with Crippen LogP contribution in [0.3, 0.4) is 0 Å². The number of aryl methyl sites for hydroxylation is 1. The molecule has 0 saturated carbocycles. The van der Waals surface area contributed by atoms with Crippen LogP contribution in [0.1, 0.15) is 40.2 Å². The molecule has 1 atom stereocenters.